The Morgan fingerprint density at radius 3 is 2.54 bits per heavy atom. The molecule has 0 atom stereocenters. The summed E-state index contributed by atoms with van der Waals surface area (Å²) < 4.78 is 18.2. The smallest absolute Gasteiger partial charge is 0.310 e. The third-order valence-electron chi connectivity index (χ3n) is 3.29. The average Bonchev–Trinajstić information content (AvgIpc) is 3.05. The minimum absolute atomic E-state index is 0.115. The number of halogens is 2. The van der Waals surface area contributed by atoms with Gasteiger partial charge in [0.2, 0.25) is 0 Å². The van der Waals surface area contributed by atoms with Crippen molar-refractivity contribution in [2.45, 2.75) is 13.0 Å². The second-order valence-electron chi connectivity index (χ2n) is 5.11. The number of thiazole rings is 1. The summed E-state index contributed by atoms with van der Waals surface area (Å²) in [6.07, 6.45) is 0.187. The number of ether oxygens (including phenoxy) is 1. The zero-order valence-corrected chi connectivity index (χ0v) is 14.1. The van der Waals surface area contributed by atoms with Gasteiger partial charge in [-0.1, -0.05) is 23.7 Å². The van der Waals surface area contributed by atoms with Gasteiger partial charge < -0.3 is 4.74 Å². The number of esters is 1. The van der Waals surface area contributed by atoms with Gasteiger partial charge in [-0.25, -0.2) is 9.37 Å². The Kier molecular flexibility index (Phi) is 5.23. The van der Waals surface area contributed by atoms with Gasteiger partial charge in [0.15, 0.2) is 0 Å². The predicted molar refractivity (Wildman–Crippen MR) is 92.5 cm³/mol. The fraction of sp³-hybridized carbons (Fsp3) is 0.111. The number of benzene rings is 2. The fourth-order valence-corrected chi connectivity index (χ4v) is 3.01. The van der Waals surface area contributed by atoms with Crippen LogP contribution in [-0.2, 0) is 22.6 Å². The molecule has 122 valence electrons. The first kappa shape index (κ1) is 16.6. The molecular weight excluding hydrogens is 349 g/mol. The molecule has 0 saturated carbocycles. The van der Waals surface area contributed by atoms with Crippen molar-refractivity contribution in [3.05, 3.63) is 76.0 Å². The summed E-state index contributed by atoms with van der Waals surface area (Å²) in [5.41, 5.74) is 2.35. The van der Waals surface area contributed by atoms with E-state index in [1.165, 1.54) is 23.5 Å². The first-order chi connectivity index (χ1) is 11.6. The van der Waals surface area contributed by atoms with Gasteiger partial charge in [-0.15, -0.1) is 11.3 Å². The van der Waals surface area contributed by atoms with Crippen LogP contribution < -0.4 is 0 Å². The molecule has 0 aliphatic heterocycles. The van der Waals surface area contributed by atoms with Crippen molar-refractivity contribution in [2.75, 3.05) is 0 Å². The van der Waals surface area contributed by atoms with E-state index in [-0.39, 0.29) is 24.8 Å². The van der Waals surface area contributed by atoms with Gasteiger partial charge in [0.1, 0.15) is 17.4 Å². The van der Waals surface area contributed by atoms with Crippen LogP contribution in [0.3, 0.4) is 0 Å². The van der Waals surface area contributed by atoms with Crippen LogP contribution in [0.15, 0.2) is 53.9 Å². The highest BCUT2D eigenvalue weighted by Gasteiger charge is 2.09. The lowest BCUT2D eigenvalue weighted by atomic mass is 10.1. The largest absolute Gasteiger partial charge is 0.459 e. The standard InChI is InChI=1S/C18H13ClFNO2S/c19-14-5-1-12(2-6-14)9-17(22)23-10-16-11-24-18(21-16)13-3-7-15(20)8-4-13/h1-8,11H,9-10H2. The van der Waals surface area contributed by atoms with Crippen LogP contribution in [0, 0.1) is 5.82 Å². The van der Waals surface area contributed by atoms with Gasteiger partial charge in [0.25, 0.3) is 0 Å². The Hall–Kier alpha value is -2.24. The van der Waals surface area contributed by atoms with Gasteiger partial charge >= 0.3 is 5.97 Å². The molecule has 0 N–H and O–H groups in total. The molecule has 3 aromatic rings. The van der Waals surface area contributed by atoms with Crippen LogP contribution in [-0.4, -0.2) is 11.0 Å². The molecule has 0 fully saturated rings. The molecule has 3 rings (SSSR count). The van der Waals surface area contributed by atoms with Gasteiger partial charge in [0.05, 0.1) is 12.1 Å². The van der Waals surface area contributed by atoms with Crippen LogP contribution in [0.4, 0.5) is 4.39 Å². The van der Waals surface area contributed by atoms with Crippen molar-refractivity contribution in [3.8, 4) is 10.6 Å². The number of rotatable bonds is 5. The molecule has 2 aromatic carbocycles. The van der Waals surface area contributed by atoms with Gasteiger partial charge in [-0.3, -0.25) is 4.79 Å². The van der Waals surface area contributed by atoms with E-state index in [9.17, 15) is 9.18 Å². The maximum absolute atomic E-state index is 12.9. The molecule has 0 aliphatic carbocycles. The quantitative estimate of drug-likeness (QED) is 0.607. The Morgan fingerprint density at radius 1 is 1.12 bits per heavy atom. The van der Waals surface area contributed by atoms with Gasteiger partial charge in [-0.05, 0) is 42.0 Å². The Morgan fingerprint density at radius 2 is 1.83 bits per heavy atom. The molecule has 24 heavy (non-hydrogen) atoms. The number of carbonyl (C=O) groups is 1. The number of aromatic nitrogens is 1. The van der Waals surface area contributed by atoms with Crippen molar-refractivity contribution >= 4 is 28.9 Å². The van der Waals surface area contributed by atoms with Crippen LogP contribution in [0.25, 0.3) is 10.6 Å². The number of carbonyl (C=O) groups excluding carboxylic acids is 1. The topological polar surface area (TPSA) is 39.2 Å². The SMILES string of the molecule is O=C(Cc1ccc(Cl)cc1)OCc1csc(-c2ccc(F)cc2)n1. The summed E-state index contributed by atoms with van der Waals surface area (Å²) in [4.78, 5) is 16.3. The number of hydrogen-bond acceptors (Lipinski definition) is 4. The molecule has 1 heterocycles. The van der Waals surface area contributed by atoms with Crippen LogP contribution in [0.1, 0.15) is 11.3 Å². The summed E-state index contributed by atoms with van der Waals surface area (Å²) in [7, 11) is 0. The van der Waals surface area contributed by atoms with Crippen molar-refractivity contribution in [2.24, 2.45) is 0 Å². The average molecular weight is 362 g/mol. The van der Waals surface area contributed by atoms with E-state index in [0.29, 0.717) is 10.7 Å². The highest BCUT2D eigenvalue weighted by Crippen LogP contribution is 2.24. The lowest BCUT2D eigenvalue weighted by molar-refractivity contribution is -0.144. The molecular formula is C18H13ClFNO2S. The van der Waals surface area contributed by atoms with Crippen LogP contribution in [0.2, 0.25) is 5.02 Å². The minimum atomic E-state index is -0.325. The van der Waals surface area contributed by atoms with Crippen molar-refractivity contribution in [1.82, 2.24) is 4.98 Å². The first-order valence-corrected chi connectivity index (χ1v) is 8.46. The maximum atomic E-state index is 12.9. The van der Waals surface area contributed by atoms with E-state index in [0.717, 1.165) is 16.1 Å². The van der Waals surface area contributed by atoms with Crippen LogP contribution in [0.5, 0.6) is 0 Å². The lowest BCUT2D eigenvalue weighted by Gasteiger charge is -2.03. The summed E-state index contributed by atoms with van der Waals surface area (Å²) in [5, 5.41) is 3.22. The Balaban J connectivity index is 1.56. The molecule has 0 aliphatic rings. The summed E-state index contributed by atoms with van der Waals surface area (Å²) in [6.45, 7) is 0.115. The first-order valence-electron chi connectivity index (χ1n) is 7.20. The monoisotopic (exact) mass is 361 g/mol. The summed E-state index contributed by atoms with van der Waals surface area (Å²) in [5.74, 6) is -0.611. The fourth-order valence-electron chi connectivity index (χ4n) is 2.07. The molecule has 1 aromatic heterocycles. The summed E-state index contributed by atoms with van der Waals surface area (Å²) in [6, 6.07) is 13.2. The minimum Gasteiger partial charge on any atom is -0.459 e. The van der Waals surface area contributed by atoms with E-state index in [1.54, 1.807) is 36.4 Å². The number of hydrogen-bond donors (Lipinski definition) is 0. The molecule has 0 radical (unpaired) electrons. The Bertz CT molecular complexity index is 831. The van der Waals surface area contributed by atoms with Crippen molar-refractivity contribution < 1.29 is 13.9 Å². The molecule has 0 bridgehead atoms. The van der Waals surface area contributed by atoms with E-state index in [4.69, 9.17) is 16.3 Å². The van der Waals surface area contributed by atoms with Gasteiger partial charge in [0, 0.05) is 16.0 Å². The van der Waals surface area contributed by atoms with Crippen molar-refractivity contribution in [1.29, 1.82) is 0 Å². The zero-order valence-electron chi connectivity index (χ0n) is 12.5. The second kappa shape index (κ2) is 7.55. The molecule has 6 heteroatoms. The lowest BCUT2D eigenvalue weighted by Crippen LogP contribution is -2.08. The highest BCUT2D eigenvalue weighted by atomic mass is 35.5. The van der Waals surface area contributed by atoms with E-state index < -0.39 is 0 Å². The second-order valence-corrected chi connectivity index (χ2v) is 6.41. The van der Waals surface area contributed by atoms with Crippen molar-refractivity contribution in [3.63, 3.8) is 0 Å². The molecule has 3 nitrogen and oxygen atoms in total. The third-order valence-corrected chi connectivity index (χ3v) is 4.48. The Labute approximate surface area is 147 Å². The number of nitrogens with zero attached hydrogens (tertiary/aromatic N) is 1. The molecule has 0 saturated heterocycles. The highest BCUT2D eigenvalue weighted by molar-refractivity contribution is 7.13. The molecule has 0 unspecified atom stereocenters. The van der Waals surface area contributed by atoms with E-state index in [1.807, 2.05) is 5.38 Å². The zero-order chi connectivity index (χ0) is 16.9. The van der Waals surface area contributed by atoms with Crippen LogP contribution >= 0.6 is 22.9 Å². The molecule has 0 spiro atoms. The molecule has 0 amide bonds. The van der Waals surface area contributed by atoms with E-state index in [2.05, 4.69) is 4.98 Å². The normalized spacial score (nSPS) is 10.6. The third kappa shape index (κ3) is 4.40. The van der Waals surface area contributed by atoms with E-state index >= 15 is 0 Å². The summed E-state index contributed by atoms with van der Waals surface area (Å²) >= 11 is 7.23. The maximum Gasteiger partial charge on any atom is 0.310 e. The van der Waals surface area contributed by atoms with Gasteiger partial charge in [-0.2, -0.15) is 0 Å². The predicted octanol–water partition coefficient (Wildman–Crippen LogP) is 4.89.